The number of hydrogen-bond donors (Lipinski definition) is 2. The maximum absolute atomic E-state index is 12.9. The fourth-order valence-corrected chi connectivity index (χ4v) is 3.62. The van der Waals surface area contributed by atoms with Crippen LogP contribution >= 0.6 is 15.9 Å². The molecule has 2 aromatic rings. The number of rotatable bonds is 3. The first-order chi connectivity index (χ1) is 13.5. The molecule has 0 unspecified atom stereocenters. The maximum atomic E-state index is 12.9. The zero-order valence-electron chi connectivity index (χ0n) is 16.9. The second-order valence-corrected chi connectivity index (χ2v) is 8.69. The number of halogens is 1. The lowest BCUT2D eigenvalue weighted by Crippen LogP contribution is -2.42. The van der Waals surface area contributed by atoms with E-state index in [4.69, 9.17) is 4.74 Å². The van der Waals surface area contributed by atoms with Gasteiger partial charge in [0.2, 0.25) is 0 Å². The molecule has 1 aromatic carbocycles. The van der Waals surface area contributed by atoms with Crippen molar-refractivity contribution in [3.05, 3.63) is 46.0 Å². The van der Waals surface area contributed by atoms with E-state index >= 15 is 0 Å². The summed E-state index contributed by atoms with van der Waals surface area (Å²) in [7, 11) is 0. The Labute approximate surface area is 178 Å². The number of anilines is 1. The molecule has 8 nitrogen and oxygen atoms in total. The molecule has 1 aliphatic heterocycles. The van der Waals surface area contributed by atoms with Crippen LogP contribution in [0.15, 0.2) is 29.0 Å². The molecule has 0 saturated carbocycles. The summed E-state index contributed by atoms with van der Waals surface area (Å²) in [6, 6.07) is 7.01. The number of hydrogen-bond acceptors (Lipinski definition) is 5. The zero-order chi connectivity index (χ0) is 21.3. The standard InChI is InChI=1S/C20H25BrN4O4/c1-12(26)13-6-5-7-14(10-13)22-17(27)16-15-11-24(19(28)29-20(2,3)4)8-9-25(15)18(21)23-16/h5-7,10,12,26H,8-9,11H2,1-4H3,(H,22,27)/t12-/m1/s1. The smallest absolute Gasteiger partial charge is 0.410 e. The summed E-state index contributed by atoms with van der Waals surface area (Å²) in [6.45, 7) is 8.31. The average molecular weight is 465 g/mol. The van der Waals surface area contributed by atoms with Crippen molar-refractivity contribution in [2.24, 2.45) is 0 Å². The normalized spacial score (nSPS) is 14.9. The van der Waals surface area contributed by atoms with E-state index in [1.54, 1.807) is 36.1 Å². The van der Waals surface area contributed by atoms with E-state index < -0.39 is 17.8 Å². The van der Waals surface area contributed by atoms with Gasteiger partial charge < -0.3 is 24.6 Å². The Bertz CT molecular complexity index is 933. The zero-order valence-corrected chi connectivity index (χ0v) is 18.5. The van der Waals surface area contributed by atoms with Gasteiger partial charge in [0.05, 0.1) is 18.3 Å². The van der Waals surface area contributed by atoms with E-state index in [1.165, 1.54) is 0 Å². The molecule has 0 bridgehead atoms. The second-order valence-electron chi connectivity index (χ2n) is 7.99. The molecule has 2 amide bonds. The molecule has 0 saturated heterocycles. The van der Waals surface area contributed by atoms with Crippen LogP contribution in [0.3, 0.4) is 0 Å². The van der Waals surface area contributed by atoms with E-state index in [0.29, 0.717) is 34.8 Å². The van der Waals surface area contributed by atoms with Gasteiger partial charge in [-0.1, -0.05) is 12.1 Å². The third-order valence-corrected chi connectivity index (χ3v) is 5.06. The summed E-state index contributed by atoms with van der Waals surface area (Å²) < 4.78 is 7.87. The Morgan fingerprint density at radius 3 is 2.69 bits per heavy atom. The van der Waals surface area contributed by atoms with Gasteiger partial charge in [-0.05, 0) is 61.3 Å². The topological polar surface area (TPSA) is 96.7 Å². The Balaban J connectivity index is 1.81. The Hall–Kier alpha value is -2.39. The molecular formula is C20H25BrN4O4. The minimum absolute atomic E-state index is 0.226. The van der Waals surface area contributed by atoms with Gasteiger partial charge in [0.25, 0.3) is 5.91 Å². The van der Waals surface area contributed by atoms with Crippen LogP contribution in [0.25, 0.3) is 0 Å². The number of carbonyl (C=O) groups excluding carboxylic acids is 2. The molecule has 1 aromatic heterocycles. The summed E-state index contributed by atoms with van der Waals surface area (Å²) in [5.74, 6) is -0.381. The van der Waals surface area contributed by atoms with Crippen molar-refractivity contribution in [2.75, 3.05) is 11.9 Å². The average Bonchev–Trinajstić information content (AvgIpc) is 2.97. The van der Waals surface area contributed by atoms with Crippen molar-refractivity contribution in [1.29, 1.82) is 0 Å². The number of benzene rings is 1. The number of imidazole rings is 1. The maximum Gasteiger partial charge on any atom is 0.410 e. The van der Waals surface area contributed by atoms with Crippen molar-refractivity contribution >= 4 is 33.6 Å². The Kier molecular flexibility index (Phi) is 6.00. The molecule has 9 heteroatoms. The molecule has 3 rings (SSSR count). The van der Waals surface area contributed by atoms with Crippen LogP contribution in [-0.4, -0.2) is 43.7 Å². The lowest BCUT2D eigenvalue weighted by molar-refractivity contribution is 0.0197. The van der Waals surface area contributed by atoms with Crippen LogP contribution < -0.4 is 5.32 Å². The molecule has 0 spiro atoms. The van der Waals surface area contributed by atoms with Gasteiger partial charge in [-0.2, -0.15) is 0 Å². The fourth-order valence-electron chi connectivity index (χ4n) is 3.06. The van der Waals surface area contributed by atoms with Gasteiger partial charge in [-0.15, -0.1) is 0 Å². The van der Waals surface area contributed by atoms with E-state index in [9.17, 15) is 14.7 Å². The van der Waals surface area contributed by atoms with Crippen LogP contribution in [0.5, 0.6) is 0 Å². The first-order valence-corrected chi connectivity index (χ1v) is 10.2. The van der Waals surface area contributed by atoms with E-state index in [-0.39, 0.29) is 18.1 Å². The van der Waals surface area contributed by atoms with Crippen molar-refractivity contribution < 1.29 is 19.4 Å². The summed E-state index contributed by atoms with van der Waals surface area (Å²) in [5.41, 5.74) is 1.55. The minimum Gasteiger partial charge on any atom is -0.444 e. The number of fused-ring (bicyclic) bond motifs is 1. The summed E-state index contributed by atoms with van der Waals surface area (Å²) in [5, 5.41) is 12.6. The number of nitrogens with zero attached hydrogens (tertiary/aromatic N) is 3. The number of aromatic nitrogens is 2. The number of aliphatic hydroxyl groups excluding tert-OH is 1. The SMILES string of the molecule is C[C@@H](O)c1cccc(NC(=O)c2nc(Br)n3c2CN(C(=O)OC(C)(C)C)CC3)c1. The Morgan fingerprint density at radius 2 is 2.03 bits per heavy atom. The Morgan fingerprint density at radius 1 is 1.31 bits per heavy atom. The van der Waals surface area contributed by atoms with Crippen LogP contribution in [0.2, 0.25) is 0 Å². The first kappa shape index (κ1) is 21.3. The third-order valence-electron chi connectivity index (χ3n) is 4.45. The number of amides is 2. The lowest BCUT2D eigenvalue weighted by Gasteiger charge is -2.31. The fraction of sp³-hybridized carbons (Fsp3) is 0.450. The monoisotopic (exact) mass is 464 g/mol. The molecule has 2 heterocycles. The van der Waals surface area contributed by atoms with Gasteiger partial charge >= 0.3 is 6.09 Å². The van der Waals surface area contributed by atoms with Gasteiger partial charge in [0.1, 0.15) is 5.60 Å². The molecular weight excluding hydrogens is 440 g/mol. The van der Waals surface area contributed by atoms with E-state index in [0.717, 1.165) is 0 Å². The molecule has 0 radical (unpaired) electrons. The molecule has 1 atom stereocenters. The predicted molar refractivity (Wildman–Crippen MR) is 112 cm³/mol. The van der Waals surface area contributed by atoms with Gasteiger partial charge in [-0.25, -0.2) is 9.78 Å². The first-order valence-electron chi connectivity index (χ1n) is 9.37. The number of aliphatic hydroxyl groups is 1. The molecule has 0 aliphatic carbocycles. The quantitative estimate of drug-likeness (QED) is 0.721. The lowest BCUT2D eigenvalue weighted by atomic mass is 10.1. The van der Waals surface area contributed by atoms with Crippen molar-refractivity contribution in [1.82, 2.24) is 14.5 Å². The highest BCUT2D eigenvalue weighted by Crippen LogP contribution is 2.25. The molecule has 29 heavy (non-hydrogen) atoms. The third kappa shape index (κ3) is 4.97. The molecule has 2 N–H and O–H groups in total. The summed E-state index contributed by atoms with van der Waals surface area (Å²) in [6.07, 6.45) is -1.05. The van der Waals surface area contributed by atoms with Crippen LogP contribution in [0.4, 0.5) is 10.5 Å². The van der Waals surface area contributed by atoms with Crippen LogP contribution in [-0.2, 0) is 17.8 Å². The molecule has 156 valence electrons. The number of ether oxygens (including phenoxy) is 1. The van der Waals surface area contributed by atoms with Crippen molar-refractivity contribution in [3.8, 4) is 0 Å². The minimum atomic E-state index is -0.635. The summed E-state index contributed by atoms with van der Waals surface area (Å²) >= 11 is 3.40. The van der Waals surface area contributed by atoms with Gasteiger partial charge in [-0.3, -0.25) is 4.79 Å². The van der Waals surface area contributed by atoms with E-state index in [2.05, 4.69) is 26.2 Å². The predicted octanol–water partition coefficient (Wildman–Crippen LogP) is 3.70. The van der Waals surface area contributed by atoms with E-state index in [1.807, 2.05) is 25.3 Å². The highest BCUT2D eigenvalue weighted by atomic mass is 79.9. The molecule has 0 fully saturated rings. The van der Waals surface area contributed by atoms with Gasteiger partial charge in [0, 0.05) is 18.8 Å². The highest BCUT2D eigenvalue weighted by molar-refractivity contribution is 9.10. The largest absolute Gasteiger partial charge is 0.444 e. The number of carbonyl (C=O) groups is 2. The van der Waals surface area contributed by atoms with Crippen molar-refractivity contribution in [3.63, 3.8) is 0 Å². The van der Waals surface area contributed by atoms with Gasteiger partial charge in [0.15, 0.2) is 10.4 Å². The van der Waals surface area contributed by atoms with Crippen LogP contribution in [0.1, 0.15) is 55.5 Å². The summed E-state index contributed by atoms with van der Waals surface area (Å²) in [4.78, 5) is 31.2. The second kappa shape index (κ2) is 8.16. The van der Waals surface area contributed by atoms with Crippen LogP contribution in [0, 0.1) is 0 Å². The number of nitrogens with one attached hydrogen (secondary N) is 1. The molecule has 1 aliphatic rings. The highest BCUT2D eigenvalue weighted by Gasteiger charge is 2.31. The van der Waals surface area contributed by atoms with Crippen molar-refractivity contribution in [2.45, 2.75) is 52.5 Å².